The third-order valence-electron chi connectivity index (χ3n) is 1.04. The number of carbonyl (C=O) groups is 1. The second-order valence-corrected chi connectivity index (χ2v) is 1.70. The molecule has 0 aliphatic rings. The molecule has 1 heterocycles. The molecule has 0 radical (unpaired) electrons. The molecule has 0 bridgehead atoms. The topological polar surface area (TPSA) is 81.2 Å². The number of hydrogen-bond donors (Lipinski definition) is 2. The number of hydrogen-bond acceptors (Lipinski definition) is 4. The predicted molar refractivity (Wildman–Crippen MR) is 34.3 cm³/mol. The average Bonchev–Trinajstić information content (AvgIpc) is 2.34. The number of nitrogens with zero attached hydrogens (tertiary/aromatic N) is 1. The molecule has 10 heavy (non-hydrogen) atoms. The van der Waals surface area contributed by atoms with E-state index in [9.17, 15) is 4.79 Å². The smallest absolute Gasteiger partial charge is 0.275 e. The van der Waals surface area contributed by atoms with E-state index in [0.29, 0.717) is 0 Å². The Hall–Kier alpha value is -1.52. The zero-order valence-electron chi connectivity index (χ0n) is 5.42. The van der Waals surface area contributed by atoms with Crippen LogP contribution in [0.5, 0.6) is 0 Å². The van der Waals surface area contributed by atoms with Crippen molar-refractivity contribution >= 4 is 11.6 Å². The molecule has 0 saturated carbocycles. The third kappa shape index (κ3) is 0.928. The van der Waals surface area contributed by atoms with E-state index in [4.69, 9.17) is 5.73 Å². The van der Waals surface area contributed by atoms with Gasteiger partial charge in [-0.25, -0.2) is 0 Å². The van der Waals surface area contributed by atoms with Gasteiger partial charge in [-0.15, -0.1) is 0 Å². The summed E-state index contributed by atoms with van der Waals surface area (Å²) in [6, 6.07) is 0. The molecule has 1 aromatic rings. The van der Waals surface area contributed by atoms with Gasteiger partial charge in [-0.1, -0.05) is 5.16 Å². The molecule has 1 rings (SSSR count). The summed E-state index contributed by atoms with van der Waals surface area (Å²) >= 11 is 0. The number of aromatic nitrogens is 1. The van der Waals surface area contributed by atoms with Crippen LogP contribution in [-0.4, -0.2) is 18.1 Å². The van der Waals surface area contributed by atoms with Crippen molar-refractivity contribution in [1.29, 1.82) is 0 Å². The van der Waals surface area contributed by atoms with Crippen LogP contribution in [0, 0.1) is 0 Å². The number of nitrogens with two attached hydrogens (primary N) is 1. The summed E-state index contributed by atoms with van der Waals surface area (Å²) in [5.74, 6) is -0.341. The quantitative estimate of drug-likeness (QED) is 0.558. The van der Waals surface area contributed by atoms with Crippen molar-refractivity contribution < 1.29 is 9.32 Å². The second kappa shape index (κ2) is 2.38. The zero-order valence-corrected chi connectivity index (χ0v) is 5.42. The van der Waals surface area contributed by atoms with Crippen molar-refractivity contribution in [2.24, 2.45) is 0 Å². The average molecular weight is 141 g/mol. The van der Waals surface area contributed by atoms with Crippen molar-refractivity contribution in [3.05, 3.63) is 12.0 Å². The Morgan fingerprint density at radius 1 is 1.90 bits per heavy atom. The van der Waals surface area contributed by atoms with Crippen molar-refractivity contribution in [2.45, 2.75) is 0 Å². The minimum atomic E-state index is -0.341. The van der Waals surface area contributed by atoms with E-state index in [1.54, 1.807) is 0 Å². The molecule has 0 aliphatic carbocycles. The van der Waals surface area contributed by atoms with E-state index in [1.807, 2.05) is 0 Å². The van der Waals surface area contributed by atoms with Gasteiger partial charge in [-0.2, -0.15) is 0 Å². The van der Waals surface area contributed by atoms with Gasteiger partial charge in [0.15, 0.2) is 5.69 Å². The van der Waals surface area contributed by atoms with E-state index in [0.717, 1.165) is 0 Å². The molecular weight excluding hydrogens is 134 g/mol. The number of amides is 1. The Balaban J connectivity index is 2.93. The van der Waals surface area contributed by atoms with Crippen LogP contribution >= 0.6 is 0 Å². The molecular formula is C5H7N3O2. The summed E-state index contributed by atoms with van der Waals surface area (Å²) in [6.07, 6.45) is 1.21. The van der Waals surface area contributed by atoms with Crippen LogP contribution in [0.15, 0.2) is 10.8 Å². The van der Waals surface area contributed by atoms with E-state index < -0.39 is 0 Å². The maximum Gasteiger partial charge on any atom is 0.275 e. The van der Waals surface area contributed by atoms with E-state index >= 15 is 0 Å². The van der Waals surface area contributed by atoms with Gasteiger partial charge >= 0.3 is 0 Å². The Morgan fingerprint density at radius 3 is 3.00 bits per heavy atom. The summed E-state index contributed by atoms with van der Waals surface area (Å²) in [7, 11) is 1.50. The van der Waals surface area contributed by atoms with E-state index in [1.165, 1.54) is 13.3 Å². The van der Waals surface area contributed by atoms with Gasteiger partial charge in [0.05, 0.1) is 0 Å². The summed E-state index contributed by atoms with van der Waals surface area (Å²) < 4.78 is 4.43. The third-order valence-corrected chi connectivity index (χ3v) is 1.04. The maximum absolute atomic E-state index is 10.8. The SMILES string of the molecule is CNC(=O)c1nocc1N. The lowest BCUT2D eigenvalue weighted by molar-refractivity contribution is 0.0955. The van der Waals surface area contributed by atoms with Gasteiger partial charge < -0.3 is 15.6 Å². The minimum Gasteiger partial charge on any atom is -0.394 e. The van der Waals surface area contributed by atoms with Gasteiger partial charge in [0.1, 0.15) is 12.0 Å². The van der Waals surface area contributed by atoms with Crippen LogP contribution in [0.25, 0.3) is 0 Å². The largest absolute Gasteiger partial charge is 0.394 e. The highest BCUT2D eigenvalue weighted by molar-refractivity contribution is 5.96. The number of nitrogens with one attached hydrogen (secondary N) is 1. The normalized spacial score (nSPS) is 9.30. The molecule has 0 aromatic carbocycles. The van der Waals surface area contributed by atoms with E-state index in [-0.39, 0.29) is 17.3 Å². The maximum atomic E-state index is 10.8. The Kier molecular flexibility index (Phi) is 1.57. The Bertz CT molecular complexity index is 243. The summed E-state index contributed by atoms with van der Waals surface area (Å²) in [6.45, 7) is 0. The standard InChI is InChI=1S/C5H7N3O2/c1-7-5(9)4-3(6)2-10-8-4/h2H,6H2,1H3,(H,7,9). The molecule has 1 aromatic heterocycles. The number of nitrogen functional groups attached to an aromatic ring is 1. The summed E-state index contributed by atoms with van der Waals surface area (Å²) in [5, 5.41) is 5.74. The highest BCUT2D eigenvalue weighted by atomic mass is 16.5. The highest BCUT2D eigenvalue weighted by Crippen LogP contribution is 2.06. The van der Waals surface area contributed by atoms with Crippen molar-refractivity contribution in [3.63, 3.8) is 0 Å². The molecule has 54 valence electrons. The molecule has 0 saturated heterocycles. The van der Waals surface area contributed by atoms with Gasteiger partial charge in [0, 0.05) is 7.05 Å². The molecule has 5 heteroatoms. The Labute approximate surface area is 57.2 Å². The molecule has 3 N–H and O–H groups in total. The first-order chi connectivity index (χ1) is 4.75. The van der Waals surface area contributed by atoms with Crippen LogP contribution in [0.3, 0.4) is 0 Å². The highest BCUT2D eigenvalue weighted by Gasteiger charge is 2.10. The number of anilines is 1. The molecule has 0 unspecified atom stereocenters. The lowest BCUT2D eigenvalue weighted by Gasteiger charge is -1.91. The molecule has 5 nitrogen and oxygen atoms in total. The number of rotatable bonds is 1. The fourth-order valence-corrected chi connectivity index (χ4v) is 0.535. The van der Waals surface area contributed by atoms with Crippen LogP contribution in [0.4, 0.5) is 5.69 Å². The van der Waals surface area contributed by atoms with Gasteiger partial charge in [0.2, 0.25) is 0 Å². The van der Waals surface area contributed by atoms with Crippen LogP contribution in [0.2, 0.25) is 0 Å². The fourth-order valence-electron chi connectivity index (χ4n) is 0.535. The number of carbonyl (C=O) groups excluding carboxylic acids is 1. The zero-order chi connectivity index (χ0) is 7.56. The first-order valence-corrected chi connectivity index (χ1v) is 2.67. The molecule has 0 aliphatic heterocycles. The minimum absolute atomic E-state index is 0.127. The van der Waals surface area contributed by atoms with E-state index in [2.05, 4.69) is 15.0 Å². The Morgan fingerprint density at radius 2 is 2.60 bits per heavy atom. The lowest BCUT2D eigenvalue weighted by atomic mass is 10.3. The molecule has 0 fully saturated rings. The first kappa shape index (κ1) is 6.60. The van der Waals surface area contributed by atoms with Crippen LogP contribution in [0.1, 0.15) is 10.5 Å². The fraction of sp³-hybridized carbons (Fsp3) is 0.200. The predicted octanol–water partition coefficient (Wildman–Crippen LogP) is -0.384. The first-order valence-electron chi connectivity index (χ1n) is 2.67. The lowest BCUT2D eigenvalue weighted by Crippen LogP contribution is -2.19. The van der Waals surface area contributed by atoms with Crippen LogP contribution in [-0.2, 0) is 0 Å². The second-order valence-electron chi connectivity index (χ2n) is 1.70. The monoisotopic (exact) mass is 141 g/mol. The van der Waals surface area contributed by atoms with Gasteiger partial charge in [-0.3, -0.25) is 4.79 Å². The van der Waals surface area contributed by atoms with Gasteiger partial charge in [-0.05, 0) is 0 Å². The molecule has 1 amide bonds. The van der Waals surface area contributed by atoms with Crippen molar-refractivity contribution in [3.8, 4) is 0 Å². The van der Waals surface area contributed by atoms with Crippen molar-refractivity contribution in [2.75, 3.05) is 12.8 Å². The molecule has 0 spiro atoms. The van der Waals surface area contributed by atoms with Gasteiger partial charge in [0.25, 0.3) is 5.91 Å². The van der Waals surface area contributed by atoms with Crippen molar-refractivity contribution in [1.82, 2.24) is 10.5 Å². The van der Waals surface area contributed by atoms with Crippen LogP contribution < -0.4 is 11.1 Å². The molecule has 0 atom stereocenters. The summed E-state index contributed by atoms with van der Waals surface area (Å²) in [5.41, 5.74) is 5.68. The summed E-state index contributed by atoms with van der Waals surface area (Å²) in [4.78, 5) is 10.8.